The molecule has 0 saturated heterocycles. The molecule has 0 spiro atoms. The van der Waals surface area contributed by atoms with Gasteiger partial charge in [-0.25, -0.2) is 9.18 Å². The van der Waals surface area contributed by atoms with E-state index in [4.69, 9.17) is 10.5 Å². The van der Waals surface area contributed by atoms with Gasteiger partial charge in [0, 0.05) is 18.3 Å². The third kappa shape index (κ3) is 4.29. The first-order chi connectivity index (χ1) is 8.33. The van der Waals surface area contributed by atoms with E-state index >= 15 is 0 Å². The molecular formula is C12H18FN3O2. The van der Waals surface area contributed by atoms with E-state index in [9.17, 15) is 9.18 Å². The van der Waals surface area contributed by atoms with Crippen LogP contribution in [0.3, 0.4) is 0 Å². The lowest BCUT2D eigenvalue weighted by molar-refractivity contribution is 0.0504. The molecule has 1 aromatic rings. The van der Waals surface area contributed by atoms with Crippen molar-refractivity contribution >= 4 is 6.09 Å². The predicted molar refractivity (Wildman–Crippen MR) is 65.4 cm³/mol. The Labute approximate surface area is 106 Å². The van der Waals surface area contributed by atoms with Crippen molar-refractivity contribution in [1.82, 2.24) is 10.3 Å². The number of nitrogens with one attached hydrogen (secondary N) is 1. The summed E-state index contributed by atoms with van der Waals surface area (Å²) in [6, 6.07) is 0.840. The average molecular weight is 255 g/mol. The first kappa shape index (κ1) is 14.4. The normalized spacial score (nSPS) is 12.9. The van der Waals surface area contributed by atoms with Crippen LogP contribution in [0.25, 0.3) is 0 Å². The summed E-state index contributed by atoms with van der Waals surface area (Å²) in [5.74, 6) is -0.510. The summed E-state index contributed by atoms with van der Waals surface area (Å²) < 4.78 is 18.6. The van der Waals surface area contributed by atoms with E-state index in [0.717, 1.165) is 6.20 Å². The Morgan fingerprint density at radius 1 is 1.61 bits per heavy atom. The third-order valence-electron chi connectivity index (χ3n) is 2.11. The van der Waals surface area contributed by atoms with E-state index in [0.29, 0.717) is 5.56 Å². The molecule has 0 aromatic carbocycles. The summed E-state index contributed by atoms with van der Waals surface area (Å²) in [4.78, 5) is 15.2. The number of alkyl carbamates (subject to hydrolysis) is 1. The molecule has 0 saturated carbocycles. The standard InChI is InChI=1S/C12H18FN3O2/c1-12(2,3)18-11(17)16-10(6-14)8-4-5-15-7-9(8)13/h4-5,7,10H,6,14H2,1-3H3,(H,16,17). The second-order valence-electron chi connectivity index (χ2n) is 4.83. The number of hydrogen-bond donors (Lipinski definition) is 2. The highest BCUT2D eigenvalue weighted by atomic mass is 19.1. The number of halogens is 1. The molecule has 0 bridgehead atoms. The average Bonchev–Trinajstić information content (AvgIpc) is 2.24. The van der Waals surface area contributed by atoms with E-state index < -0.39 is 23.6 Å². The van der Waals surface area contributed by atoms with Crippen molar-refractivity contribution in [1.29, 1.82) is 0 Å². The third-order valence-corrected chi connectivity index (χ3v) is 2.11. The number of carbonyl (C=O) groups is 1. The Morgan fingerprint density at radius 2 is 2.28 bits per heavy atom. The van der Waals surface area contributed by atoms with Crippen molar-refractivity contribution in [2.75, 3.05) is 6.54 Å². The molecule has 3 N–H and O–H groups in total. The largest absolute Gasteiger partial charge is 0.444 e. The van der Waals surface area contributed by atoms with E-state index in [1.54, 1.807) is 20.8 Å². The SMILES string of the molecule is CC(C)(C)OC(=O)NC(CN)c1ccncc1F. The number of hydrogen-bond acceptors (Lipinski definition) is 4. The molecule has 1 atom stereocenters. The smallest absolute Gasteiger partial charge is 0.408 e. The van der Waals surface area contributed by atoms with Crippen LogP contribution in [0.5, 0.6) is 0 Å². The van der Waals surface area contributed by atoms with Crippen LogP contribution in [-0.4, -0.2) is 23.2 Å². The monoisotopic (exact) mass is 255 g/mol. The minimum Gasteiger partial charge on any atom is -0.444 e. The lowest BCUT2D eigenvalue weighted by Gasteiger charge is -2.23. The van der Waals surface area contributed by atoms with Crippen molar-refractivity contribution in [3.63, 3.8) is 0 Å². The predicted octanol–water partition coefficient (Wildman–Crippen LogP) is 1.75. The molecule has 0 radical (unpaired) electrons. The van der Waals surface area contributed by atoms with Crippen molar-refractivity contribution in [3.05, 3.63) is 29.8 Å². The van der Waals surface area contributed by atoms with Gasteiger partial charge in [0.1, 0.15) is 11.4 Å². The Balaban J connectivity index is 2.74. The van der Waals surface area contributed by atoms with Gasteiger partial charge in [0.05, 0.1) is 12.2 Å². The number of pyridine rings is 1. The molecule has 0 aliphatic heterocycles. The topological polar surface area (TPSA) is 77.2 Å². The maximum Gasteiger partial charge on any atom is 0.408 e. The fourth-order valence-corrected chi connectivity index (χ4v) is 1.38. The first-order valence-electron chi connectivity index (χ1n) is 5.62. The van der Waals surface area contributed by atoms with Crippen LogP contribution in [0.1, 0.15) is 32.4 Å². The van der Waals surface area contributed by atoms with Crippen LogP contribution in [0.4, 0.5) is 9.18 Å². The second kappa shape index (κ2) is 5.77. The molecule has 1 rings (SSSR count). The van der Waals surface area contributed by atoms with Gasteiger partial charge in [-0.15, -0.1) is 0 Å². The molecule has 0 fully saturated rings. The Hall–Kier alpha value is -1.69. The van der Waals surface area contributed by atoms with Crippen LogP contribution in [0.15, 0.2) is 18.5 Å². The molecule has 0 aliphatic carbocycles. The Morgan fingerprint density at radius 3 is 2.78 bits per heavy atom. The molecule has 100 valence electrons. The molecule has 18 heavy (non-hydrogen) atoms. The van der Waals surface area contributed by atoms with Gasteiger partial charge >= 0.3 is 6.09 Å². The summed E-state index contributed by atoms with van der Waals surface area (Å²) in [5, 5.41) is 2.53. The zero-order chi connectivity index (χ0) is 13.8. The van der Waals surface area contributed by atoms with E-state index in [1.807, 2.05) is 0 Å². The molecule has 1 amide bonds. The van der Waals surface area contributed by atoms with Crippen molar-refractivity contribution in [3.8, 4) is 0 Å². The number of carbonyl (C=O) groups excluding carboxylic acids is 1. The maximum absolute atomic E-state index is 13.5. The van der Waals surface area contributed by atoms with Crippen LogP contribution in [-0.2, 0) is 4.74 Å². The lowest BCUT2D eigenvalue weighted by Crippen LogP contribution is -2.38. The summed E-state index contributed by atoms with van der Waals surface area (Å²) in [5.41, 5.74) is 5.21. The van der Waals surface area contributed by atoms with E-state index in [2.05, 4.69) is 10.3 Å². The van der Waals surface area contributed by atoms with Crippen LogP contribution in [0.2, 0.25) is 0 Å². The molecule has 6 heteroatoms. The maximum atomic E-state index is 13.5. The molecule has 1 heterocycles. The molecule has 0 aliphatic rings. The number of aromatic nitrogens is 1. The van der Waals surface area contributed by atoms with Crippen molar-refractivity contribution in [2.45, 2.75) is 32.4 Å². The van der Waals surface area contributed by atoms with Crippen molar-refractivity contribution in [2.24, 2.45) is 5.73 Å². The van der Waals surface area contributed by atoms with Gasteiger partial charge in [0.15, 0.2) is 0 Å². The van der Waals surface area contributed by atoms with Gasteiger partial charge in [-0.3, -0.25) is 4.98 Å². The summed E-state index contributed by atoms with van der Waals surface area (Å²) in [6.07, 6.45) is 1.89. The molecular weight excluding hydrogens is 237 g/mol. The molecule has 5 nitrogen and oxygen atoms in total. The number of amides is 1. The van der Waals surface area contributed by atoms with Gasteiger partial charge in [-0.1, -0.05) is 0 Å². The van der Waals surface area contributed by atoms with E-state index in [-0.39, 0.29) is 6.54 Å². The van der Waals surface area contributed by atoms with Gasteiger partial charge in [-0.2, -0.15) is 0 Å². The molecule has 1 aromatic heterocycles. The minimum atomic E-state index is -0.636. The number of rotatable bonds is 3. The number of nitrogens with zero attached hydrogens (tertiary/aromatic N) is 1. The highest BCUT2D eigenvalue weighted by molar-refractivity contribution is 5.68. The fourth-order valence-electron chi connectivity index (χ4n) is 1.38. The quantitative estimate of drug-likeness (QED) is 0.862. The van der Waals surface area contributed by atoms with Gasteiger partial charge in [0.25, 0.3) is 0 Å². The Bertz CT molecular complexity index is 418. The lowest BCUT2D eigenvalue weighted by atomic mass is 10.1. The summed E-state index contributed by atoms with van der Waals surface area (Å²) >= 11 is 0. The molecule has 1 unspecified atom stereocenters. The van der Waals surface area contributed by atoms with E-state index in [1.165, 1.54) is 12.3 Å². The highest BCUT2D eigenvalue weighted by Gasteiger charge is 2.21. The number of nitrogens with two attached hydrogens (primary N) is 1. The number of ether oxygens (including phenoxy) is 1. The van der Waals surface area contributed by atoms with Gasteiger partial charge < -0.3 is 15.8 Å². The van der Waals surface area contributed by atoms with Crippen LogP contribution in [0, 0.1) is 5.82 Å². The van der Waals surface area contributed by atoms with Crippen LogP contribution < -0.4 is 11.1 Å². The van der Waals surface area contributed by atoms with Gasteiger partial charge in [0.2, 0.25) is 0 Å². The summed E-state index contributed by atoms with van der Waals surface area (Å²) in [6.45, 7) is 5.31. The van der Waals surface area contributed by atoms with Gasteiger partial charge in [-0.05, 0) is 26.8 Å². The zero-order valence-electron chi connectivity index (χ0n) is 10.7. The highest BCUT2D eigenvalue weighted by Crippen LogP contribution is 2.16. The van der Waals surface area contributed by atoms with Crippen LogP contribution >= 0.6 is 0 Å². The Kier molecular flexibility index (Phi) is 4.61. The summed E-state index contributed by atoms with van der Waals surface area (Å²) in [7, 11) is 0. The van der Waals surface area contributed by atoms with Crippen molar-refractivity contribution < 1.29 is 13.9 Å². The first-order valence-corrected chi connectivity index (χ1v) is 5.62. The second-order valence-corrected chi connectivity index (χ2v) is 4.83. The fraction of sp³-hybridized carbons (Fsp3) is 0.500. The zero-order valence-corrected chi connectivity index (χ0v) is 10.7. The minimum absolute atomic E-state index is 0.0696.